The molecule has 0 N–H and O–H groups in total. The van der Waals surface area contributed by atoms with Gasteiger partial charge >= 0.3 is 0 Å². The number of rotatable bonds is 3. The number of sulfonamides is 1. The lowest BCUT2D eigenvalue weighted by Crippen LogP contribution is -2.31. The van der Waals surface area contributed by atoms with Crippen LogP contribution in [0, 0.1) is 6.92 Å². The monoisotopic (exact) mass is 303 g/mol. The van der Waals surface area contributed by atoms with Gasteiger partial charge in [-0.15, -0.1) is 0 Å². The zero-order chi connectivity index (χ0) is 14.9. The van der Waals surface area contributed by atoms with Crippen molar-refractivity contribution >= 4 is 10.0 Å². The van der Waals surface area contributed by atoms with Gasteiger partial charge in [0.15, 0.2) is 0 Å². The first-order valence-corrected chi connectivity index (χ1v) is 8.29. The van der Waals surface area contributed by atoms with Gasteiger partial charge in [-0.3, -0.25) is 0 Å². The SMILES string of the molecule is Cc1ccccc1S(=O)(=O)N1CCOC1c1ccccc1. The largest absolute Gasteiger partial charge is 0.356 e. The number of aryl methyl sites for hydroxylation is 1. The second-order valence-corrected chi connectivity index (χ2v) is 6.87. The Balaban J connectivity index is 2.01. The zero-order valence-corrected chi connectivity index (χ0v) is 12.6. The summed E-state index contributed by atoms with van der Waals surface area (Å²) in [5.74, 6) is 0. The predicted octanol–water partition coefficient (Wildman–Crippen LogP) is 2.71. The molecule has 1 heterocycles. The second-order valence-electron chi connectivity index (χ2n) is 5.02. The standard InChI is InChI=1S/C16H17NO3S/c1-13-7-5-6-10-15(13)21(18,19)17-11-12-20-16(17)14-8-3-2-4-9-14/h2-10,16H,11-12H2,1H3. The van der Waals surface area contributed by atoms with Gasteiger partial charge in [0.05, 0.1) is 11.5 Å². The lowest BCUT2D eigenvalue weighted by Gasteiger charge is -2.23. The normalized spacial score (nSPS) is 19.8. The quantitative estimate of drug-likeness (QED) is 0.876. The third-order valence-corrected chi connectivity index (χ3v) is 5.62. The summed E-state index contributed by atoms with van der Waals surface area (Å²) in [6.45, 7) is 2.59. The number of hydrogen-bond donors (Lipinski definition) is 0. The molecule has 1 aliphatic heterocycles. The van der Waals surface area contributed by atoms with E-state index in [4.69, 9.17) is 4.74 Å². The van der Waals surface area contributed by atoms with E-state index < -0.39 is 16.3 Å². The van der Waals surface area contributed by atoms with Crippen LogP contribution in [0.4, 0.5) is 0 Å². The fourth-order valence-corrected chi connectivity index (χ4v) is 4.28. The van der Waals surface area contributed by atoms with Crippen molar-refractivity contribution in [3.63, 3.8) is 0 Å². The Hall–Kier alpha value is -1.69. The molecule has 0 spiro atoms. The lowest BCUT2D eigenvalue weighted by atomic mass is 10.2. The molecule has 0 radical (unpaired) electrons. The lowest BCUT2D eigenvalue weighted by molar-refractivity contribution is 0.0683. The average molecular weight is 303 g/mol. The molecule has 1 aliphatic rings. The van der Waals surface area contributed by atoms with E-state index in [2.05, 4.69) is 0 Å². The minimum Gasteiger partial charge on any atom is -0.356 e. The molecule has 1 saturated heterocycles. The van der Waals surface area contributed by atoms with Crippen molar-refractivity contribution in [2.45, 2.75) is 18.0 Å². The average Bonchev–Trinajstić information content (AvgIpc) is 2.99. The van der Waals surface area contributed by atoms with Gasteiger partial charge in [-0.05, 0) is 24.1 Å². The molecule has 110 valence electrons. The van der Waals surface area contributed by atoms with Crippen molar-refractivity contribution < 1.29 is 13.2 Å². The highest BCUT2D eigenvalue weighted by Crippen LogP contribution is 2.33. The Bertz CT molecular complexity index is 728. The number of ether oxygens (including phenoxy) is 1. The number of nitrogens with zero attached hydrogens (tertiary/aromatic N) is 1. The number of hydrogen-bond acceptors (Lipinski definition) is 3. The first-order chi connectivity index (χ1) is 10.1. The highest BCUT2D eigenvalue weighted by atomic mass is 32.2. The maximum absolute atomic E-state index is 12.9. The van der Waals surface area contributed by atoms with Gasteiger partial charge < -0.3 is 4.74 Å². The third-order valence-electron chi connectivity index (χ3n) is 3.61. The minimum absolute atomic E-state index is 0.344. The fraction of sp³-hybridized carbons (Fsp3) is 0.250. The van der Waals surface area contributed by atoms with Crippen molar-refractivity contribution in [3.8, 4) is 0 Å². The van der Waals surface area contributed by atoms with Crippen molar-refractivity contribution in [1.82, 2.24) is 4.31 Å². The van der Waals surface area contributed by atoms with Gasteiger partial charge in [0.25, 0.3) is 0 Å². The molecule has 2 aromatic rings. The maximum atomic E-state index is 12.9. The van der Waals surface area contributed by atoms with Gasteiger partial charge in [0.2, 0.25) is 10.0 Å². The summed E-state index contributed by atoms with van der Waals surface area (Å²) in [6, 6.07) is 16.5. The Labute approximate surface area is 125 Å². The van der Waals surface area contributed by atoms with Crippen LogP contribution in [0.1, 0.15) is 17.4 Å². The van der Waals surface area contributed by atoms with Crippen molar-refractivity contribution in [3.05, 3.63) is 65.7 Å². The van der Waals surface area contributed by atoms with E-state index in [1.165, 1.54) is 4.31 Å². The molecule has 1 unspecified atom stereocenters. The van der Waals surface area contributed by atoms with Crippen LogP contribution >= 0.6 is 0 Å². The molecule has 0 bridgehead atoms. The van der Waals surface area contributed by atoms with Crippen LogP contribution in [0.15, 0.2) is 59.5 Å². The Morgan fingerprint density at radius 2 is 1.71 bits per heavy atom. The van der Waals surface area contributed by atoms with Crippen molar-refractivity contribution in [2.75, 3.05) is 13.2 Å². The molecular weight excluding hydrogens is 286 g/mol. The summed E-state index contributed by atoms with van der Waals surface area (Å²) in [4.78, 5) is 0.344. The van der Waals surface area contributed by atoms with Gasteiger partial charge in [0, 0.05) is 6.54 Å². The Morgan fingerprint density at radius 1 is 1.05 bits per heavy atom. The van der Waals surface area contributed by atoms with Crippen LogP contribution in [0.2, 0.25) is 0 Å². The van der Waals surface area contributed by atoms with Gasteiger partial charge in [-0.25, -0.2) is 8.42 Å². The molecule has 1 atom stereocenters. The topological polar surface area (TPSA) is 46.6 Å². The Morgan fingerprint density at radius 3 is 2.43 bits per heavy atom. The molecule has 0 aromatic heterocycles. The van der Waals surface area contributed by atoms with Crippen LogP contribution in [0.25, 0.3) is 0 Å². The van der Waals surface area contributed by atoms with E-state index in [9.17, 15) is 8.42 Å². The maximum Gasteiger partial charge on any atom is 0.245 e. The summed E-state index contributed by atoms with van der Waals surface area (Å²) in [6.07, 6.45) is -0.546. The van der Waals surface area contributed by atoms with Crippen LogP contribution in [-0.4, -0.2) is 25.9 Å². The molecule has 0 amide bonds. The van der Waals surface area contributed by atoms with Crippen LogP contribution in [-0.2, 0) is 14.8 Å². The highest BCUT2D eigenvalue weighted by molar-refractivity contribution is 7.89. The molecule has 4 nitrogen and oxygen atoms in total. The molecule has 5 heteroatoms. The van der Waals surface area contributed by atoms with Crippen LogP contribution in [0.5, 0.6) is 0 Å². The smallest absolute Gasteiger partial charge is 0.245 e. The summed E-state index contributed by atoms with van der Waals surface area (Å²) in [7, 11) is -3.56. The molecule has 3 rings (SSSR count). The third kappa shape index (κ3) is 2.60. The summed E-state index contributed by atoms with van der Waals surface area (Å²) in [5.41, 5.74) is 1.60. The molecule has 1 fully saturated rings. The van der Waals surface area contributed by atoms with Crippen LogP contribution < -0.4 is 0 Å². The van der Waals surface area contributed by atoms with Gasteiger partial charge in [0.1, 0.15) is 6.23 Å². The van der Waals surface area contributed by atoms with E-state index in [0.717, 1.165) is 11.1 Å². The first-order valence-electron chi connectivity index (χ1n) is 6.85. The Kier molecular flexibility index (Phi) is 3.80. The molecule has 2 aromatic carbocycles. The second kappa shape index (κ2) is 5.60. The van der Waals surface area contributed by atoms with E-state index in [1.807, 2.05) is 36.4 Å². The fourth-order valence-electron chi connectivity index (χ4n) is 2.55. The minimum atomic E-state index is -3.56. The highest BCUT2D eigenvalue weighted by Gasteiger charge is 2.37. The molecule has 21 heavy (non-hydrogen) atoms. The van der Waals surface area contributed by atoms with E-state index in [-0.39, 0.29) is 0 Å². The summed E-state index contributed by atoms with van der Waals surface area (Å²) < 4.78 is 32.9. The van der Waals surface area contributed by atoms with E-state index in [1.54, 1.807) is 25.1 Å². The van der Waals surface area contributed by atoms with Gasteiger partial charge in [-0.1, -0.05) is 48.5 Å². The van der Waals surface area contributed by atoms with E-state index in [0.29, 0.717) is 18.0 Å². The van der Waals surface area contributed by atoms with Crippen molar-refractivity contribution in [1.29, 1.82) is 0 Å². The molecule has 0 aliphatic carbocycles. The van der Waals surface area contributed by atoms with Gasteiger partial charge in [-0.2, -0.15) is 4.31 Å². The van der Waals surface area contributed by atoms with Crippen molar-refractivity contribution in [2.24, 2.45) is 0 Å². The molecular formula is C16H17NO3S. The molecule has 0 saturated carbocycles. The zero-order valence-electron chi connectivity index (χ0n) is 11.8. The predicted molar refractivity (Wildman–Crippen MR) is 80.2 cm³/mol. The summed E-state index contributed by atoms with van der Waals surface area (Å²) in [5, 5.41) is 0. The van der Waals surface area contributed by atoms with E-state index >= 15 is 0 Å². The summed E-state index contributed by atoms with van der Waals surface area (Å²) >= 11 is 0. The number of benzene rings is 2. The van der Waals surface area contributed by atoms with Crippen LogP contribution in [0.3, 0.4) is 0 Å². The first kappa shape index (κ1) is 14.3.